The van der Waals surface area contributed by atoms with Crippen molar-refractivity contribution in [2.45, 2.75) is 76.4 Å². The Labute approximate surface area is 263 Å². The first-order chi connectivity index (χ1) is 22.2. The van der Waals surface area contributed by atoms with Crippen LogP contribution in [0.2, 0.25) is 0 Å². The van der Waals surface area contributed by atoms with E-state index in [0.717, 1.165) is 53.2 Å². The summed E-state index contributed by atoms with van der Waals surface area (Å²) in [5, 5.41) is 15.8. The molecule has 8 rings (SSSR count). The Hall–Kier alpha value is -4.94. The van der Waals surface area contributed by atoms with E-state index in [9.17, 15) is 23.6 Å². The lowest BCUT2D eigenvalue weighted by Gasteiger charge is -2.35. The molecule has 0 bridgehead atoms. The Kier molecular flexibility index (Phi) is 6.55. The summed E-state index contributed by atoms with van der Waals surface area (Å²) in [6.07, 6.45) is 9.25. The number of pyridine rings is 1. The fraction of sp³-hybridized carbons (Fsp3) is 0.424. The number of nitrogens with one attached hydrogen (secondary N) is 2. The summed E-state index contributed by atoms with van der Waals surface area (Å²) >= 11 is 0. The highest BCUT2D eigenvalue weighted by Crippen LogP contribution is 2.46. The molecular weight excluding hydrogens is 591 g/mol. The second kappa shape index (κ2) is 10.6. The lowest BCUT2D eigenvalue weighted by atomic mass is 9.80. The molecule has 2 aliphatic heterocycles. The maximum Gasteiger partial charge on any atom is 0.262 e. The highest BCUT2D eigenvalue weighted by molar-refractivity contribution is 6.23. The van der Waals surface area contributed by atoms with Crippen molar-refractivity contribution in [1.82, 2.24) is 34.8 Å². The van der Waals surface area contributed by atoms with Crippen LogP contribution in [0.25, 0.3) is 22.2 Å². The third-order valence-electron chi connectivity index (χ3n) is 9.67. The zero-order valence-electron chi connectivity index (χ0n) is 25.5. The summed E-state index contributed by atoms with van der Waals surface area (Å²) in [5.74, 6) is -1.68. The maximum absolute atomic E-state index is 14.9. The molecule has 2 N–H and O–H groups in total. The van der Waals surface area contributed by atoms with Gasteiger partial charge < -0.3 is 5.32 Å². The van der Waals surface area contributed by atoms with Gasteiger partial charge >= 0.3 is 0 Å². The molecule has 1 unspecified atom stereocenters. The molecule has 4 aromatic rings. The third kappa shape index (κ3) is 4.59. The van der Waals surface area contributed by atoms with Gasteiger partial charge in [0, 0.05) is 47.8 Å². The quantitative estimate of drug-likeness (QED) is 0.275. The van der Waals surface area contributed by atoms with Crippen LogP contribution in [0.3, 0.4) is 0 Å². The second-order valence-electron chi connectivity index (χ2n) is 13.2. The molecule has 5 heterocycles. The molecule has 2 aliphatic carbocycles. The van der Waals surface area contributed by atoms with E-state index in [2.05, 4.69) is 26.9 Å². The smallest absolute Gasteiger partial charge is 0.262 e. The van der Waals surface area contributed by atoms with Gasteiger partial charge in [0.25, 0.3) is 11.8 Å². The van der Waals surface area contributed by atoms with Gasteiger partial charge in [0.05, 0.1) is 41.0 Å². The van der Waals surface area contributed by atoms with Gasteiger partial charge in [0.1, 0.15) is 11.6 Å². The summed E-state index contributed by atoms with van der Waals surface area (Å²) in [4.78, 5) is 55.5. The number of benzene rings is 1. The molecule has 1 saturated heterocycles. The third-order valence-corrected chi connectivity index (χ3v) is 9.67. The SMILES string of the molecule is CC(C)n1ncc2c(-c3cn(C4CC(CNc5ccc6c(c5)C(=O)N(C5CCC(=O)NC5=O)C6=O)C4)nc3C3CC3)ncc(F)c21. The number of anilines is 1. The summed E-state index contributed by atoms with van der Waals surface area (Å²) in [6, 6.07) is 4.31. The number of nitrogens with zero attached hydrogens (tertiary/aromatic N) is 6. The summed E-state index contributed by atoms with van der Waals surface area (Å²) in [6.45, 7) is 4.64. The van der Waals surface area contributed by atoms with Gasteiger partial charge in [-0.2, -0.15) is 10.2 Å². The zero-order valence-corrected chi connectivity index (χ0v) is 25.5. The first-order valence-corrected chi connectivity index (χ1v) is 15.9. The van der Waals surface area contributed by atoms with Crippen LogP contribution in [-0.4, -0.2) is 65.7 Å². The number of aromatic nitrogens is 5. The molecule has 2 saturated carbocycles. The topological polar surface area (TPSA) is 144 Å². The van der Waals surface area contributed by atoms with E-state index in [0.29, 0.717) is 29.3 Å². The predicted molar refractivity (Wildman–Crippen MR) is 164 cm³/mol. The van der Waals surface area contributed by atoms with Crippen LogP contribution in [0.4, 0.5) is 10.1 Å². The molecule has 3 aromatic heterocycles. The van der Waals surface area contributed by atoms with Crippen molar-refractivity contribution in [2.75, 3.05) is 11.9 Å². The van der Waals surface area contributed by atoms with Crippen molar-refractivity contribution in [3.8, 4) is 11.3 Å². The van der Waals surface area contributed by atoms with Gasteiger partial charge in [-0.05, 0) is 70.1 Å². The number of hydrogen-bond acceptors (Lipinski definition) is 8. The van der Waals surface area contributed by atoms with Crippen LogP contribution in [-0.2, 0) is 9.59 Å². The van der Waals surface area contributed by atoms with Crippen molar-refractivity contribution in [3.63, 3.8) is 0 Å². The highest BCUT2D eigenvalue weighted by Gasteiger charge is 2.45. The number of amides is 4. The lowest BCUT2D eigenvalue weighted by Crippen LogP contribution is -2.54. The molecule has 13 heteroatoms. The molecule has 46 heavy (non-hydrogen) atoms. The van der Waals surface area contributed by atoms with Crippen LogP contribution in [0.15, 0.2) is 36.8 Å². The maximum atomic E-state index is 14.9. The van der Waals surface area contributed by atoms with Gasteiger partial charge in [-0.15, -0.1) is 0 Å². The van der Waals surface area contributed by atoms with E-state index in [4.69, 9.17) is 5.10 Å². The van der Waals surface area contributed by atoms with Crippen LogP contribution in [0.5, 0.6) is 0 Å². The molecule has 1 aromatic carbocycles. The number of hydrogen-bond donors (Lipinski definition) is 2. The average Bonchev–Trinajstić information content (AvgIpc) is 3.50. The van der Waals surface area contributed by atoms with E-state index in [-0.39, 0.29) is 41.9 Å². The van der Waals surface area contributed by atoms with Crippen molar-refractivity contribution in [1.29, 1.82) is 0 Å². The van der Waals surface area contributed by atoms with Gasteiger partial charge in [-0.1, -0.05) is 0 Å². The van der Waals surface area contributed by atoms with Crippen LogP contribution >= 0.6 is 0 Å². The molecule has 12 nitrogen and oxygen atoms in total. The fourth-order valence-corrected chi connectivity index (χ4v) is 6.99. The van der Waals surface area contributed by atoms with Gasteiger partial charge in [-0.25, -0.2) is 4.39 Å². The number of carbonyl (C=O) groups is 4. The minimum absolute atomic E-state index is 0.0145. The molecule has 0 radical (unpaired) electrons. The first kappa shape index (κ1) is 28.5. The first-order valence-electron chi connectivity index (χ1n) is 15.9. The van der Waals surface area contributed by atoms with E-state index in [1.165, 1.54) is 6.20 Å². The number of carbonyl (C=O) groups excluding carboxylic acids is 4. The van der Waals surface area contributed by atoms with Crippen molar-refractivity contribution in [2.24, 2.45) is 5.92 Å². The second-order valence-corrected chi connectivity index (χ2v) is 13.2. The predicted octanol–water partition coefficient (Wildman–Crippen LogP) is 4.36. The number of fused-ring (bicyclic) bond motifs is 2. The fourth-order valence-electron chi connectivity index (χ4n) is 6.99. The van der Waals surface area contributed by atoms with E-state index in [1.54, 1.807) is 29.1 Å². The van der Waals surface area contributed by atoms with Crippen LogP contribution in [0.1, 0.15) is 96.8 Å². The van der Waals surface area contributed by atoms with Crippen molar-refractivity contribution in [3.05, 3.63) is 59.4 Å². The van der Waals surface area contributed by atoms with Gasteiger partial charge in [0.15, 0.2) is 5.82 Å². The molecule has 4 amide bonds. The molecular formula is C33H33FN8O4. The summed E-state index contributed by atoms with van der Waals surface area (Å²) in [5.41, 5.74) is 4.38. The molecule has 1 atom stereocenters. The Balaban J connectivity index is 0.947. The van der Waals surface area contributed by atoms with E-state index >= 15 is 0 Å². The molecule has 236 valence electrons. The number of halogens is 1. The van der Waals surface area contributed by atoms with E-state index in [1.807, 2.05) is 18.5 Å². The molecule has 0 spiro atoms. The van der Waals surface area contributed by atoms with Gasteiger partial charge in [-0.3, -0.25) is 43.7 Å². The molecule has 4 aliphatic rings. The highest BCUT2D eigenvalue weighted by atomic mass is 19.1. The lowest BCUT2D eigenvalue weighted by molar-refractivity contribution is -0.136. The monoisotopic (exact) mass is 624 g/mol. The normalized spacial score (nSPS) is 22.9. The zero-order chi connectivity index (χ0) is 31.9. The largest absolute Gasteiger partial charge is 0.385 e. The van der Waals surface area contributed by atoms with Crippen molar-refractivity contribution >= 4 is 40.2 Å². The number of rotatable bonds is 8. The Bertz CT molecular complexity index is 1950. The van der Waals surface area contributed by atoms with Crippen molar-refractivity contribution < 1.29 is 23.6 Å². The van der Waals surface area contributed by atoms with Gasteiger partial charge in [0.2, 0.25) is 11.8 Å². The minimum Gasteiger partial charge on any atom is -0.385 e. The average molecular weight is 625 g/mol. The Morgan fingerprint density at radius 1 is 1.02 bits per heavy atom. The van der Waals surface area contributed by atoms with Crippen LogP contribution in [0, 0.1) is 11.7 Å². The van der Waals surface area contributed by atoms with E-state index < -0.39 is 29.7 Å². The molecule has 3 fully saturated rings. The number of imide groups is 2. The summed E-state index contributed by atoms with van der Waals surface area (Å²) < 4.78 is 18.6. The minimum atomic E-state index is -0.987. The summed E-state index contributed by atoms with van der Waals surface area (Å²) in [7, 11) is 0. The Morgan fingerprint density at radius 2 is 1.80 bits per heavy atom. The standard InChI is InChI=1S/C33H33FN8O4/c1-16(2)42-30-23(13-37-42)29(36-14-25(30)34)24-15-40(39-28(24)18-3-4-18)20-9-17(10-20)12-35-19-5-6-21-22(11-19)33(46)41(32(21)45)26-7-8-27(43)38-31(26)44/h5-6,11,13-18,20,26,35H,3-4,7-10,12H2,1-2H3,(H,38,43,44). The van der Waals surface area contributed by atoms with Crippen LogP contribution < -0.4 is 10.6 Å². The Morgan fingerprint density at radius 3 is 2.54 bits per heavy atom. The number of piperidine rings is 1.